The molecule has 1 fully saturated rings. The number of allylic oxidation sites excluding steroid dienone is 2. The van der Waals surface area contributed by atoms with Gasteiger partial charge in [0.1, 0.15) is 24.4 Å². The van der Waals surface area contributed by atoms with Crippen LogP contribution in [-0.4, -0.2) is 87.5 Å². The van der Waals surface area contributed by atoms with E-state index in [1.54, 1.807) is 0 Å². The van der Waals surface area contributed by atoms with Gasteiger partial charge in [-0.2, -0.15) is 0 Å². The molecule has 0 spiro atoms. The highest BCUT2D eigenvalue weighted by molar-refractivity contribution is 5.76. The molecule has 1 saturated heterocycles. The summed E-state index contributed by atoms with van der Waals surface area (Å²) < 4.78 is 11.2. The van der Waals surface area contributed by atoms with Crippen molar-refractivity contribution in [1.29, 1.82) is 0 Å². The fraction of sp³-hybridized carbons (Fsp3) is 0.929. The van der Waals surface area contributed by atoms with Crippen LogP contribution in [0.4, 0.5) is 0 Å². The highest BCUT2D eigenvalue weighted by atomic mass is 16.7. The lowest BCUT2D eigenvalue weighted by molar-refractivity contribution is -0.302. The first-order valence-electron chi connectivity index (χ1n) is 21.4. The van der Waals surface area contributed by atoms with Crippen molar-refractivity contribution in [1.82, 2.24) is 5.32 Å². The zero-order valence-electron chi connectivity index (χ0n) is 32.9. The number of ether oxygens (including phenoxy) is 2. The van der Waals surface area contributed by atoms with Crippen LogP contribution in [0.25, 0.3) is 0 Å². The average molecular weight is 728 g/mol. The van der Waals surface area contributed by atoms with Crippen molar-refractivity contribution in [3.8, 4) is 0 Å². The molecule has 1 heterocycles. The number of aliphatic hydroxyl groups excluding tert-OH is 5. The number of carbonyl (C=O) groups excluding carboxylic acids is 1. The molecule has 0 aromatic rings. The Kier molecular flexibility index (Phi) is 31.5. The van der Waals surface area contributed by atoms with Crippen molar-refractivity contribution >= 4 is 5.91 Å². The topological polar surface area (TPSA) is 149 Å². The molecule has 9 nitrogen and oxygen atoms in total. The first-order valence-corrected chi connectivity index (χ1v) is 21.4. The van der Waals surface area contributed by atoms with Gasteiger partial charge in [-0.15, -0.1) is 0 Å². The van der Waals surface area contributed by atoms with Gasteiger partial charge in [0.05, 0.1) is 25.4 Å². The summed E-state index contributed by atoms with van der Waals surface area (Å²) in [5, 5.41) is 54.2. The van der Waals surface area contributed by atoms with Gasteiger partial charge in [0, 0.05) is 6.42 Å². The lowest BCUT2D eigenvalue weighted by Gasteiger charge is -2.40. The molecule has 0 aliphatic carbocycles. The predicted molar refractivity (Wildman–Crippen MR) is 207 cm³/mol. The monoisotopic (exact) mass is 728 g/mol. The molecule has 7 atom stereocenters. The molecule has 1 rings (SSSR count). The normalized spacial score (nSPS) is 22.1. The van der Waals surface area contributed by atoms with Crippen LogP contribution >= 0.6 is 0 Å². The lowest BCUT2D eigenvalue weighted by Crippen LogP contribution is -2.60. The van der Waals surface area contributed by atoms with E-state index in [1.165, 1.54) is 116 Å². The molecule has 1 amide bonds. The highest BCUT2D eigenvalue weighted by Gasteiger charge is 2.44. The third-order valence-corrected chi connectivity index (χ3v) is 10.4. The Morgan fingerprint density at radius 1 is 0.647 bits per heavy atom. The van der Waals surface area contributed by atoms with Gasteiger partial charge < -0.3 is 40.3 Å². The molecular formula is C42H81NO8. The van der Waals surface area contributed by atoms with Crippen LogP contribution in [-0.2, 0) is 14.3 Å². The molecule has 0 radical (unpaired) electrons. The maximum atomic E-state index is 12.9. The molecule has 0 aromatic heterocycles. The third-order valence-electron chi connectivity index (χ3n) is 10.4. The van der Waals surface area contributed by atoms with Crippen molar-refractivity contribution in [2.75, 3.05) is 13.2 Å². The Balaban J connectivity index is 2.38. The molecule has 5 unspecified atom stereocenters. The fourth-order valence-electron chi connectivity index (χ4n) is 6.86. The summed E-state index contributed by atoms with van der Waals surface area (Å²) >= 11 is 0. The zero-order valence-corrected chi connectivity index (χ0v) is 32.9. The number of rotatable bonds is 35. The maximum Gasteiger partial charge on any atom is 0.220 e. The summed E-state index contributed by atoms with van der Waals surface area (Å²) in [4.78, 5) is 12.9. The van der Waals surface area contributed by atoms with Crippen LogP contribution in [0, 0.1) is 0 Å². The van der Waals surface area contributed by atoms with Crippen LogP contribution in [0.15, 0.2) is 12.2 Å². The van der Waals surface area contributed by atoms with E-state index in [-0.39, 0.29) is 12.5 Å². The maximum absolute atomic E-state index is 12.9. The molecule has 9 heteroatoms. The van der Waals surface area contributed by atoms with Crippen molar-refractivity contribution < 1.29 is 39.8 Å². The summed E-state index contributed by atoms with van der Waals surface area (Å²) in [7, 11) is 0. The summed E-state index contributed by atoms with van der Waals surface area (Å²) in [5.74, 6) is -0.153. The van der Waals surface area contributed by atoms with Crippen LogP contribution in [0.5, 0.6) is 0 Å². The van der Waals surface area contributed by atoms with Gasteiger partial charge in [0.2, 0.25) is 5.91 Å². The van der Waals surface area contributed by atoms with Gasteiger partial charge in [0.25, 0.3) is 0 Å². The number of nitrogens with one attached hydrogen (secondary N) is 1. The van der Waals surface area contributed by atoms with Crippen molar-refractivity contribution in [2.45, 2.75) is 236 Å². The van der Waals surface area contributed by atoms with Crippen molar-refractivity contribution in [3.05, 3.63) is 12.2 Å². The van der Waals surface area contributed by atoms with E-state index >= 15 is 0 Å². The molecule has 0 bridgehead atoms. The van der Waals surface area contributed by atoms with Gasteiger partial charge in [-0.3, -0.25) is 4.79 Å². The van der Waals surface area contributed by atoms with E-state index < -0.39 is 49.5 Å². The lowest BCUT2D eigenvalue weighted by atomic mass is 9.99. The molecule has 0 aromatic carbocycles. The second-order valence-corrected chi connectivity index (χ2v) is 15.1. The second kappa shape index (κ2) is 33.5. The van der Waals surface area contributed by atoms with Gasteiger partial charge in [-0.05, 0) is 38.5 Å². The summed E-state index contributed by atoms with van der Waals surface area (Å²) in [6.45, 7) is 3.81. The minimum Gasteiger partial charge on any atom is -0.394 e. The van der Waals surface area contributed by atoms with Crippen LogP contribution in [0.3, 0.4) is 0 Å². The Morgan fingerprint density at radius 2 is 1.10 bits per heavy atom. The fourth-order valence-corrected chi connectivity index (χ4v) is 6.86. The molecule has 1 aliphatic rings. The minimum absolute atomic E-state index is 0.138. The van der Waals surface area contributed by atoms with E-state index in [1.807, 2.05) is 0 Å². The molecule has 0 saturated carbocycles. The van der Waals surface area contributed by atoms with E-state index in [2.05, 4.69) is 31.3 Å². The SMILES string of the molecule is CCCCCCCC/C=C\CCCCCCCC(=O)N[C@@H](COC1OC(CO)C(O)C(O)C1O)[C@H](O)CCCCCCCCCCCCCCC. The number of amides is 1. The second-order valence-electron chi connectivity index (χ2n) is 15.1. The van der Waals surface area contributed by atoms with Gasteiger partial charge in [-0.25, -0.2) is 0 Å². The quantitative estimate of drug-likeness (QED) is 0.0283. The number of hydrogen-bond acceptors (Lipinski definition) is 8. The number of aliphatic hydroxyl groups is 5. The van der Waals surface area contributed by atoms with Crippen molar-refractivity contribution in [3.63, 3.8) is 0 Å². The summed E-state index contributed by atoms with van der Waals surface area (Å²) in [6, 6.07) is -0.717. The Morgan fingerprint density at radius 3 is 1.59 bits per heavy atom. The Hall–Kier alpha value is -1.07. The summed E-state index contributed by atoms with van der Waals surface area (Å²) in [6.07, 6.45) is 29.2. The van der Waals surface area contributed by atoms with E-state index in [4.69, 9.17) is 9.47 Å². The predicted octanol–water partition coefficient (Wildman–Crippen LogP) is 8.17. The first-order chi connectivity index (χ1) is 24.8. The molecule has 1 aliphatic heterocycles. The molecule has 51 heavy (non-hydrogen) atoms. The molecule has 6 N–H and O–H groups in total. The van der Waals surface area contributed by atoms with Crippen molar-refractivity contribution in [2.24, 2.45) is 0 Å². The van der Waals surface area contributed by atoms with E-state index in [0.29, 0.717) is 12.8 Å². The Bertz CT molecular complexity index is 812. The van der Waals surface area contributed by atoms with Gasteiger partial charge in [-0.1, -0.05) is 161 Å². The average Bonchev–Trinajstić information content (AvgIpc) is 3.13. The van der Waals surface area contributed by atoms with E-state index in [0.717, 1.165) is 51.4 Å². The zero-order chi connectivity index (χ0) is 37.4. The number of carbonyl (C=O) groups is 1. The van der Waals surface area contributed by atoms with Crippen LogP contribution in [0.1, 0.15) is 194 Å². The van der Waals surface area contributed by atoms with Gasteiger partial charge in [0.15, 0.2) is 6.29 Å². The Labute approximate surface area is 312 Å². The molecule has 302 valence electrons. The van der Waals surface area contributed by atoms with Crippen LogP contribution < -0.4 is 5.32 Å². The first kappa shape index (κ1) is 48.0. The largest absolute Gasteiger partial charge is 0.394 e. The number of unbranched alkanes of at least 4 members (excludes halogenated alkanes) is 23. The van der Waals surface area contributed by atoms with Crippen LogP contribution in [0.2, 0.25) is 0 Å². The minimum atomic E-state index is -1.55. The summed E-state index contributed by atoms with van der Waals surface area (Å²) in [5.41, 5.74) is 0. The van der Waals surface area contributed by atoms with E-state index in [9.17, 15) is 30.3 Å². The van der Waals surface area contributed by atoms with Gasteiger partial charge >= 0.3 is 0 Å². The smallest absolute Gasteiger partial charge is 0.220 e. The molecular weight excluding hydrogens is 646 g/mol. The standard InChI is InChI=1S/C42H81NO8/c1-3-5-7-9-11-13-15-17-18-20-22-24-26-28-30-32-38(46)43-35(34-50-42-41(49)40(48)39(47)37(33-44)51-42)36(45)31-29-27-25-23-21-19-16-14-12-10-8-6-4-2/h17-18,35-37,39-42,44-45,47-49H,3-16,19-34H2,1-2H3,(H,43,46)/b18-17-/t35-,36+,37?,39?,40?,41?,42?/m0/s1. The third kappa shape index (κ3) is 24.8. The number of hydrogen-bond donors (Lipinski definition) is 6. The highest BCUT2D eigenvalue weighted by Crippen LogP contribution is 2.23.